The Morgan fingerprint density at radius 2 is 1.95 bits per heavy atom. The van der Waals surface area contributed by atoms with Gasteiger partial charge in [-0.15, -0.1) is 0 Å². The third-order valence-electron chi connectivity index (χ3n) is 4.37. The van der Waals surface area contributed by atoms with Crippen molar-refractivity contribution in [2.45, 2.75) is 25.4 Å². The molecule has 0 radical (unpaired) electrons. The molecule has 0 bridgehead atoms. The first-order chi connectivity index (χ1) is 10.4. The van der Waals surface area contributed by atoms with E-state index in [0.29, 0.717) is 0 Å². The van der Waals surface area contributed by atoms with Gasteiger partial charge in [0.15, 0.2) is 0 Å². The summed E-state index contributed by atoms with van der Waals surface area (Å²) >= 11 is 0. The average Bonchev–Trinajstić information content (AvgIpc) is 3.06. The Morgan fingerprint density at radius 3 is 2.67 bits per heavy atom. The summed E-state index contributed by atoms with van der Waals surface area (Å²) in [5, 5.41) is 6.77. The Balaban J connectivity index is 1.39. The summed E-state index contributed by atoms with van der Waals surface area (Å²) in [6.07, 6.45) is 3.92. The minimum atomic E-state index is 0.183. The van der Waals surface area contributed by atoms with Gasteiger partial charge in [0.2, 0.25) is 0 Å². The fourth-order valence-corrected chi connectivity index (χ4v) is 3.08. The molecule has 2 aliphatic heterocycles. The number of hydrogen-bond acceptors (Lipinski definition) is 4. The van der Waals surface area contributed by atoms with Crippen molar-refractivity contribution in [2.24, 2.45) is 5.92 Å². The van der Waals surface area contributed by atoms with Gasteiger partial charge in [-0.2, -0.15) is 0 Å². The lowest BCUT2D eigenvalue weighted by Gasteiger charge is -2.24. The van der Waals surface area contributed by atoms with Crippen LogP contribution in [0.5, 0.6) is 5.75 Å². The van der Waals surface area contributed by atoms with E-state index in [4.69, 9.17) is 9.47 Å². The molecule has 4 nitrogen and oxygen atoms in total. The van der Waals surface area contributed by atoms with Crippen LogP contribution in [0.15, 0.2) is 24.3 Å². The largest absolute Gasteiger partial charge is 0.494 e. The zero-order valence-electron chi connectivity index (χ0n) is 12.6. The van der Waals surface area contributed by atoms with Crippen LogP contribution >= 0.6 is 0 Å². The van der Waals surface area contributed by atoms with Gasteiger partial charge < -0.3 is 20.1 Å². The third-order valence-corrected chi connectivity index (χ3v) is 4.37. The van der Waals surface area contributed by atoms with Gasteiger partial charge in [0.1, 0.15) is 5.75 Å². The molecule has 2 fully saturated rings. The summed E-state index contributed by atoms with van der Waals surface area (Å²) in [5.74, 6) is 1.82. The number of benzene rings is 1. The number of rotatable bonds is 6. The molecule has 2 saturated heterocycles. The monoisotopic (exact) mass is 290 g/mol. The molecule has 0 aromatic heterocycles. The van der Waals surface area contributed by atoms with Gasteiger partial charge in [0.25, 0.3) is 0 Å². The molecule has 0 aliphatic carbocycles. The first kappa shape index (κ1) is 14.8. The van der Waals surface area contributed by atoms with E-state index in [9.17, 15) is 0 Å². The molecule has 1 aromatic rings. The van der Waals surface area contributed by atoms with E-state index in [-0.39, 0.29) is 6.10 Å². The van der Waals surface area contributed by atoms with Crippen LogP contribution in [0.2, 0.25) is 0 Å². The molecule has 2 heterocycles. The normalized spacial score (nSPS) is 25.9. The standard InChI is InChI=1S/C17H26N2O2/c1(2-14-7-8-18-12-14)10-20-16-5-3-15(4-6-16)17-13-19-9-11-21-17/h3-6,14,17-19H,1-2,7-13H2/t14?,17-/m1/s1. The highest BCUT2D eigenvalue weighted by Gasteiger charge is 2.15. The van der Waals surface area contributed by atoms with Crippen LogP contribution in [0.4, 0.5) is 0 Å². The van der Waals surface area contributed by atoms with Crippen LogP contribution < -0.4 is 15.4 Å². The molecule has 0 saturated carbocycles. The van der Waals surface area contributed by atoms with Crippen molar-refractivity contribution in [3.05, 3.63) is 29.8 Å². The third kappa shape index (κ3) is 4.43. The molecule has 2 atom stereocenters. The van der Waals surface area contributed by atoms with Crippen LogP contribution in [0.1, 0.15) is 30.9 Å². The van der Waals surface area contributed by atoms with E-state index in [2.05, 4.69) is 34.9 Å². The van der Waals surface area contributed by atoms with Crippen molar-refractivity contribution in [1.29, 1.82) is 0 Å². The molecule has 21 heavy (non-hydrogen) atoms. The van der Waals surface area contributed by atoms with E-state index in [1.54, 1.807) is 0 Å². The molecular formula is C17H26N2O2. The Labute approximate surface area is 127 Å². The van der Waals surface area contributed by atoms with E-state index >= 15 is 0 Å². The highest BCUT2D eigenvalue weighted by atomic mass is 16.5. The molecule has 4 heteroatoms. The van der Waals surface area contributed by atoms with Gasteiger partial charge in [-0.1, -0.05) is 12.1 Å². The topological polar surface area (TPSA) is 42.5 Å². The first-order valence-corrected chi connectivity index (χ1v) is 8.17. The number of ether oxygens (including phenoxy) is 2. The molecule has 2 N–H and O–H groups in total. The van der Waals surface area contributed by atoms with Crippen LogP contribution in [0.25, 0.3) is 0 Å². The maximum absolute atomic E-state index is 5.83. The fourth-order valence-electron chi connectivity index (χ4n) is 3.08. The zero-order chi connectivity index (χ0) is 14.3. The lowest BCUT2D eigenvalue weighted by Crippen LogP contribution is -2.33. The quantitative estimate of drug-likeness (QED) is 0.788. The molecule has 0 spiro atoms. The molecule has 0 amide bonds. The van der Waals surface area contributed by atoms with Gasteiger partial charge in [0.05, 0.1) is 19.3 Å². The van der Waals surface area contributed by atoms with Crippen molar-refractivity contribution in [2.75, 3.05) is 39.4 Å². The smallest absolute Gasteiger partial charge is 0.119 e. The zero-order valence-corrected chi connectivity index (χ0v) is 12.6. The van der Waals surface area contributed by atoms with E-state index in [1.807, 2.05) is 0 Å². The second-order valence-corrected chi connectivity index (χ2v) is 5.98. The number of morpholine rings is 1. The molecular weight excluding hydrogens is 264 g/mol. The molecule has 3 rings (SSSR count). The van der Waals surface area contributed by atoms with Crippen LogP contribution in [-0.4, -0.2) is 39.4 Å². The predicted molar refractivity (Wildman–Crippen MR) is 83.7 cm³/mol. The second kappa shape index (κ2) is 7.78. The Bertz CT molecular complexity index is 409. The molecule has 2 aliphatic rings. The number of hydrogen-bond donors (Lipinski definition) is 2. The van der Waals surface area contributed by atoms with Crippen molar-refractivity contribution in [3.8, 4) is 5.75 Å². The average molecular weight is 290 g/mol. The van der Waals surface area contributed by atoms with Crippen molar-refractivity contribution >= 4 is 0 Å². The SMILES string of the molecule is c1cc([C@H]2CNCCO2)ccc1OCCCC1CCNC1. The summed E-state index contributed by atoms with van der Waals surface area (Å²) in [6, 6.07) is 8.36. The molecule has 1 unspecified atom stereocenters. The highest BCUT2D eigenvalue weighted by molar-refractivity contribution is 5.29. The summed E-state index contributed by atoms with van der Waals surface area (Å²) in [5.41, 5.74) is 1.23. The van der Waals surface area contributed by atoms with Crippen LogP contribution in [-0.2, 0) is 4.74 Å². The van der Waals surface area contributed by atoms with Crippen molar-refractivity contribution in [1.82, 2.24) is 10.6 Å². The lowest BCUT2D eigenvalue weighted by atomic mass is 10.0. The second-order valence-electron chi connectivity index (χ2n) is 5.98. The maximum Gasteiger partial charge on any atom is 0.119 e. The Kier molecular flexibility index (Phi) is 5.49. The highest BCUT2D eigenvalue weighted by Crippen LogP contribution is 2.22. The van der Waals surface area contributed by atoms with Gasteiger partial charge in [-0.05, 0) is 56.0 Å². The van der Waals surface area contributed by atoms with Gasteiger partial charge in [-0.3, -0.25) is 0 Å². The van der Waals surface area contributed by atoms with Crippen LogP contribution in [0, 0.1) is 5.92 Å². The van der Waals surface area contributed by atoms with Crippen LogP contribution in [0.3, 0.4) is 0 Å². The summed E-state index contributed by atoms with van der Waals surface area (Å²) in [7, 11) is 0. The molecule has 1 aromatic carbocycles. The van der Waals surface area contributed by atoms with Gasteiger partial charge in [0, 0.05) is 13.1 Å². The Hall–Kier alpha value is -1.10. The van der Waals surface area contributed by atoms with Crippen molar-refractivity contribution in [3.63, 3.8) is 0 Å². The minimum absolute atomic E-state index is 0.183. The summed E-state index contributed by atoms with van der Waals surface area (Å²) < 4.78 is 11.6. The number of nitrogens with one attached hydrogen (secondary N) is 2. The lowest BCUT2D eigenvalue weighted by molar-refractivity contribution is 0.0277. The van der Waals surface area contributed by atoms with E-state index in [0.717, 1.165) is 44.4 Å². The van der Waals surface area contributed by atoms with Gasteiger partial charge >= 0.3 is 0 Å². The maximum atomic E-state index is 5.83. The Morgan fingerprint density at radius 1 is 1.10 bits per heavy atom. The summed E-state index contributed by atoms with van der Waals surface area (Å²) in [4.78, 5) is 0. The van der Waals surface area contributed by atoms with Crippen molar-refractivity contribution < 1.29 is 9.47 Å². The summed E-state index contributed by atoms with van der Waals surface area (Å²) in [6.45, 7) is 5.83. The molecule has 116 valence electrons. The van der Waals surface area contributed by atoms with E-state index in [1.165, 1.54) is 31.5 Å². The van der Waals surface area contributed by atoms with Gasteiger partial charge in [-0.25, -0.2) is 0 Å². The predicted octanol–water partition coefficient (Wildman–Crippen LogP) is 2.12. The fraction of sp³-hybridized carbons (Fsp3) is 0.647. The van der Waals surface area contributed by atoms with E-state index < -0.39 is 0 Å². The first-order valence-electron chi connectivity index (χ1n) is 8.17. The minimum Gasteiger partial charge on any atom is -0.494 e.